The first kappa shape index (κ1) is 24.0. The van der Waals surface area contributed by atoms with E-state index in [0.29, 0.717) is 17.7 Å². The van der Waals surface area contributed by atoms with E-state index >= 15 is 0 Å². The Kier molecular flexibility index (Phi) is 8.99. The van der Waals surface area contributed by atoms with E-state index in [2.05, 4.69) is 10.6 Å². The molecule has 0 aliphatic heterocycles. The summed E-state index contributed by atoms with van der Waals surface area (Å²) in [5.41, 5.74) is 2.24. The van der Waals surface area contributed by atoms with Gasteiger partial charge in [-0.25, -0.2) is 0 Å². The van der Waals surface area contributed by atoms with E-state index in [1.165, 1.54) is 0 Å². The van der Waals surface area contributed by atoms with Gasteiger partial charge in [0.15, 0.2) is 6.79 Å². The maximum atomic E-state index is 13.1. The SMILES string of the molecule is O=C(N[C@@H](Cc1ccc(OCO)cc1)C(=O)N[C@H](CO)Cc1ccccc1)c1ccccc1. The molecule has 0 radical (unpaired) electrons. The van der Waals surface area contributed by atoms with E-state index in [1.807, 2.05) is 36.4 Å². The lowest BCUT2D eigenvalue weighted by atomic mass is 10.0. The van der Waals surface area contributed by atoms with Crippen LogP contribution < -0.4 is 15.4 Å². The number of nitrogens with one attached hydrogen (secondary N) is 2. The van der Waals surface area contributed by atoms with Crippen molar-refractivity contribution in [3.05, 3.63) is 102 Å². The predicted molar refractivity (Wildman–Crippen MR) is 125 cm³/mol. The van der Waals surface area contributed by atoms with Crippen molar-refractivity contribution in [2.75, 3.05) is 13.4 Å². The minimum absolute atomic E-state index is 0.229. The second-order valence-electron chi connectivity index (χ2n) is 7.59. The first-order chi connectivity index (χ1) is 16.1. The maximum absolute atomic E-state index is 13.1. The number of aliphatic hydroxyl groups excluding tert-OH is 2. The van der Waals surface area contributed by atoms with Crippen molar-refractivity contribution in [3.8, 4) is 5.75 Å². The molecular weight excluding hydrogens is 420 g/mol. The lowest BCUT2D eigenvalue weighted by Gasteiger charge is -2.23. The lowest BCUT2D eigenvalue weighted by Crippen LogP contribution is -2.52. The second-order valence-corrected chi connectivity index (χ2v) is 7.59. The number of carbonyl (C=O) groups excluding carboxylic acids is 2. The molecule has 0 aliphatic carbocycles. The van der Waals surface area contributed by atoms with Crippen molar-refractivity contribution in [1.82, 2.24) is 10.6 Å². The minimum Gasteiger partial charge on any atom is -0.468 e. The van der Waals surface area contributed by atoms with E-state index in [-0.39, 0.29) is 24.8 Å². The predicted octanol–water partition coefficient (Wildman–Crippen LogP) is 2.08. The number of carbonyl (C=O) groups is 2. The molecule has 0 saturated heterocycles. The van der Waals surface area contributed by atoms with Gasteiger partial charge in [-0.2, -0.15) is 0 Å². The summed E-state index contributed by atoms with van der Waals surface area (Å²) >= 11 is 0. The molecule has 0 bridgehead atoms. The van der Waals surface area contributed by atoms with Crippen LogP contribution in [0, 0.1) is 0 Å². The molecule has 3 aromatic carbocycles. The Balaban J connectivity index is 1.74. The molecule has 7 heteroatoms. The topological polar surface area (TPSA) is 108 Å². The summed E-state index contributed by atoms with van der Waals surface area (Å²) in [4.78, 5) is 25.9. The van der Waals surface area contributed by atoms with Crippen molar-refractivity contribution in [2.45, 2.75) is 24.9 Å². The van der Waals surface area contributed by atoms with Crippen LogP contribution in [-0.2, 0) is 17.6 Å². The molecule has 0 saturated carbocycles. The van der Waals surface area contributed by atoms with E-state index in [1.54, 1.807) is 48.5 Å². The average Bonchev–Trinajstić information content (AvgIpc) is 2.85. The molecular formula is C26H28N2O5. The number of hydrogen-bond acceptors (Lipinski definition) is 5. The van der Waals surface area contributed by atoms with Crippen LogP contribution in [0.5, 0.6) is 5.75 Å². The van der Waals surface area contributed by atoms with Crippen LogP contribution in [0.15, 0.2) is 84.9 Å². The normalized spacial score (nSPS) is 12.4. The molecule has 4 N–H and O–H groups in total. The van der Waals surface area contributed by atoms with Gasteiger partial charge in [0.05, 0.1) is 12.6 Å². The Bertz CT molecular complexity index is 1010. The molecule has 0 aliphatic rings. The number of rotatable bonds is 11. The number of benzene rings is 3. The Morgan fingerprint density at radius 2 is 1.36 bits per heavy atom. The fourth-order valence-corrected chi connectivity index (χ4v) is 3.43. The maximum Gasteiger partial charge on any atom is 0.251 e. The molecule has 2 amide bonds. The molecule has 172 valence electrons. The fourth-order valence-electron chi connectivity index (χ4n) is 3.43. The third-order valence-electron chi connectivity index (χ3n) is 5.14. The van der Waals surface area contributed by atoms with E-state index in [9.17, 15) is 14.7 Å². The van der Waals surface area contributed by atoms with Crippen molar-refractivity contribution in [2.24, 2.45) is 0 Å². The highest BCUT2D eigenvalue weighted by Gasteiger charge is 2.24. The number of ether oxygens (including phenoxy) is 1. The number of amides is 2. The summed E-state index contributed by atoms with van der Waals surface area (Å²) in [6.45, 7) is -0.658. The molecule has 0 heterocycles. The lowest BCUT2D eigenvalue weighted by molar-refractivity contribution is -0.124. The summed E-state index contributed by atoms with van der Waals surface area (Å²) < 4.78 is 5.04. The molecule has 2 atom stereocenters. The molecule has 0 spiro atoms. The highest BCUT2D eigenvalue weighted by molar-refractivity contribution is 5.97. The van der Waals surface area contributed by atoms with Crippen LogP contribution in [0.4, 0.5) is 0 Å². The highest BCUT2D eigenvalue weighted by Crippen LogP contribution is 2.14. The van der Waals surface area contributed by atoms with Gasteiger partial charge in [0.25, 0.3) is 5.91 Å². The van der Waals surface area contributed by atoms with Crippen LogP contribution in [-0.4, -0.2) is 47.5 Å². The molecule has 33 heavy (non-hydrogen) atoms. The van der Waals surface area contributed by atoms with E-state index in [0.717, 1.165) is 11.1 Å². The van der Waals surface area contributed by atoms with Gasteiger partial charge in [-0.15, -0.1) is 0 Å². The second kappa shape index (κ2) is 12.4. The summed E-state index contributed by atoms with van der Waals surface area (Å²) in [5.74, 6) is -0.247. The van der Waals surface area contributed by atoms with E-state index in [4.69, 9.17) is 9.84 Å². The summed E-state index contributed by atoms with van der Waals surface area (Å²) in [5, 5.41) is 24.4. The average molecular weight is 449 g/mol. The van der Waals surface area contributed by atoms with Crippen LogP contribution in [0.25, 0.3) is 0 Å². The minimum atomic E-state index is -0.855. The zero-order valence-corrected chi connectivity index (χ0v) is 18.2. The van der Waals surface area contributed by atoms with Gasteiger partial charge in [0.2, 0.25) is 5.91 Å². The molecule has 3 aromatic rings. The zero-order valence-electron chi connectivity index (χ0n) is 18.2. The Morgan fingerprint density at radius 3 is 1.97 bits per heavy atom. The van der Waals surface area contributed by atoms with Gasteiger partial charge in [-0.1, -0.05) is 60.7 Å². The third kappa shape index (κ3) is 7.45. The van der Waals surface area contributed by atoms with Crippen molar-refractivity contribution < 1.29 is 24.5 Å². The molecule has 0 unspecified atom stereocenters. The fraction of sp³-hybridized carbons (Fsp3) is 0.231. The Morgan fingerprint density at radius 1 is 0.758 bits per heavy atom. The van der Waals surface area contributed by atoms with Gasteiger partial charge < -0.3 is 25.6 Å². The summed E-state index contributed by atoms with van der Waals surface area (Å²) in [6, 6.07) is 23.8. The van der Waals surface area contributed by atoms with Crippen LogP contribution in [0.2, 0.25) is 0 Å². The quantitative estimate of drug-likeness (QED) is 0.336. The van der Waals surface area contributed by atoms with Gasteiger partial charge in [0.1, 0.15) is 11.8 Å². The largest absolute Gasteiger partial charge is 0.468 e. The third-order valence-corrected chi connectivity index (χ3v) is 5.14. The number of hydrogen-bond donors (Lipinski definition) is 4. The molecule has 7 nitrogen and oxygen atoms in total. The zero-order chi connectivity index (χ0) is 23.5. The van der Waals surface area contributed by atoms with Gasteiger partial charge >= 0.3 is 0 Å². The van der Waals surface area contributed by atoms with Gasteiger partial charge in [-0.3, -0.25) is 9.59 Å². The molecule has 0 aromatic heterocycles. The van der Waals surface area contributed by atoms with Crippen LogP contribution in [0.1, 0.15) is 21.5 Å². The number of aliphatic hydroxyl groups is 2. The highest BCUT2D eigenvalue weighted by atomic mass is 16.6. The van der Waals surface area contributed by atoms with Crippen LogP contribution in [0.3, 0.4) is 0 Å². The van der Waals surface area contributed by atoms with Gasteiger partial charge in [-0.05, 0) is 41.8 Å². The first-order valence-electron chi connectivity index (χ1n) is 10.7. The Hall–Kier alpha value is -3.68. The summed E-state index contributed by atoms with van der Waals surface area (Å²) in [7, 11) is 0. The van der Waals surface area contributed by atoms with Crippen LogP contribution >= 0.6 is 0 Å². The van der Waals surface area contributed by atoms with Crippen molar-refractivity contribution in [1.29, 1.82) is 0 Å². The van der Waals surface area contributed by atoms with Gasteiger partial charge in [0, 0.05) is 12.0 Å². The monoisotopic (exact) mass is 448 g/mol. The molecule has 3 rings (SSSR count). The molecule has 0 fully saturated rings. The standard InChI is InChI=1S/C26H28N2O5/c29-17-22(15-19-7-3-1-4-8-19)27-26(32)24(28-25(31)21-9-5-2-6-10-21)16-20-11-13-23(14-12-20)33-18-30/h1-14,22,24,29-30H,15-18H2,(H,27,32)(H,28,31)/t22-,24-/m0/s1. The Labute approximate surface area is 193 Å². The summed E-state index contributed by atoms with van der Waals surface area (Å²) in [6.07, 6.45) is 0.711. The first-order valence-corrected chi connectivity index (χ1v) is 10.7. The smallest absolute Gasteiger partial charge is 0.251 e. The van der Waals surface area contributed by atoms with E-state index < -0.39 is 18.9 Å². The van der Waals surface area contributed by atoms with Crippen molar-refractivity contribution in [3.63, 3.8) is 0 Å². The van der Waals surface area contributed by atoms with Crippen molar-refractivity contribution >= 4 is 11.8 Å².